The highest BCUT2D eigenvalue weighted by molar-refractivity contribution is 6.09. The predicted molar refractivity (Wildman–Crippen MR) is 72.7 cm³/mol. The molecule has 1 heterocycles. The number of Topliss-reactive ketones (excluding diaryl/α,β-unsaturated/α-hetero) is 1. The van der Waals surface area contributed by atoms with Gasteiger partial charge in [0.25, 0.3) is 0 Å². The molecular formula is C15H23NO3. The van der Waals surface area contributed by atoms with E-state index < -0.39 is 10.8 Å². The number of hydrogen-bond donors (Lipinski definition) is 0. The maximum absolute atomic E-state index is 12.8. The highest BCUT2D eigenvalue weighted by atomic mass is 16.5. The van der Waals surface area contributed by atoms with Crippen LogP contribution in [0.2, 0.25) is 0 Å². The molecule has 0 aromatic rings. The second-order valence-corrected chi connectivity index (χ2v) is 5.71. The Kier molecular flexibility index (Phi) is 3.81. The molecule has 2 atom stereocenters. The van der Waals surface area contributed by atoms with Crippen molar-refractivity contribution in [2.75, 3.05) is 26.2 Å². The van der Waals surface area contributed by atoms with E-state index in [2.05, 4.69) is 18.4 Å². The van der Waals surface area contributed by atoms with Crippen molar-refractivity contribution in [1.82, 2.24) is 4.90 Å². The van der Waals surface area contributed by atoms with E-state index in [0.717, 1.165) is 19.5 Å². The number of allylic oxidation sites excluding steroid dienone is 1. The number of ketones is 1. The van der Waals surface area contributed by atoms with Crippen LogP contribution in [0.25, 0.3) is 0 Å². The minimum atomic E-state index is -0.923. The zero-order valence-electron chi connectivity index (χ0n) is 11.9. The lowest BCUT2D eigenvalue weighted by atomic mass is 9.72. The standard InChI is InChI=1S/C15H23NO3/c1-4-7-14-8-9-15(12(14)17,13(18)19-6-3)11-16(5-2)10-14/h4H,1,5-11H2,2-3H3. The van der Waals surface area contributed by atoms with Crippen molar-refractivity contribution in [2.45, 2.75) is 33.1 Å². The van der Waals surface area contributed by atoms with Crippen LogP contribution in [0.3, 0.4) is 0 Å². The fourth-order valence-electron chi connectivity index (χ4n) is 3.64. The summed E-state index contributed by atoms with van der Waals surface area (Å²) in [4.78, 5) is 27.3. The Morgan fingerprint density at radius 2 is 2.16 bits per heavy atom. The van der Waals surface area contributed by atoms with Crippen LogP contribution in [-0.4, -0.2) is 42.9 Å². The van der Waals surface area contributed by atoms with Crippen molar-refractivity contribution >= 4 is 11.8 Å². The predicted octanol–water partition coefficient (Wildman–Crippen LogP) is 1.80. The van der Waals surface area contributed by atoms with Crippen LogP contribution in [0.4, 0.5) is 0 Å². The molecule has 1 aliphatic heterocycles. The number of carbonyl (C=O) groups excluding carboxylic acids is 2. The Bertz CT molecular complexity index is 406. The highest BCUT2D eigenvalue weighted by Crippen LogP contribution is 2.53. The SMILES string of the molecule is C=CCC12CCC(C(=O)OCC)(CN(CC)C1)C2=O. The highest BCUT2D eigenvalue weighted by Gasteiger charge is 2.64. The molecule has 19 heavy (non-hydrogen) atoms. The first-order valence-electron chi connectivity index (χ1n) is 7.10. The lowest BCUT2D eigenvalue weighted by Gasteiger charge is -2.42. The van der Waals surface area contributed by atoms with Crippen LogP contribution in [0.1, 0.15) is 33.1 Å². The monoisotopic (exact) mass is 265 g/mol. The van der Waals surface area contributed by atoms with E-state index >= 15 is 0 Å². The van der Waals surface area contributed by atoms with Gasteiger partial charge >= 0.3 is 5.97 Å². The maximum Gasteiger partial charge on any atom is 0.320 e. The fourth-order valence-corrected chi connectivity index (χ4v) is 3.64. The molecule has 2 aliphatic rings. The molecule has 106 valence electrons. The zero-order valence-corrected chi connectivity index (χ0v) is 11.9. The fraction of sp³-hybridized carbons (Fsp3) is 0.733. The molecule has 4 nitrogen and oxygen atoms in total. The molecule has 4 heteroatoms. The molecule has 0 N–H and O–H groups in total. The van der Waals surface area contributed by atoms with Gasteiger partial charge in [-0.3, -0.25) is 9.59 Å². The van der Waals surface area contributed by atoms with Crippen molar-refractivity contribution in [3.05, 3.63) is 12.7 Å². The maximum atomic E-state index is 12.8. The number of rotatable bonds is 5. The van der Waals surface area contributed by atoms with Gasteiger partial charge in [0, 0.05) is 18.5 Å². The van der Waals surface area contributed by atoms with Crippen molar-refractivity contribution in [3.8, 4) is 0 Å². The van der Waals surface area contributed by atoms with E-state index in [4.69, 9.17) is 4.74 Å². The van der Waals surface area contributed by atoms with E-state index in [9.17, 15) is 9.59 Å². The van der Waals surface area contributed by atoms with Gasteiger partial charge < -0.3 is 9.64 Å². The van der Waals surface area contributed by atoms with Gasteiger partial charge in [0.1, 0.15) is 5.41 Å². The average molecular weight is 265 g/mol. The Labute approximate surface area is 114 Å². The first-order valence-corrected chi connectivity index (χ1v) is 7.10. The second kappa shape index (κ2) is 5.08. The number of likely N-dealkylation sites (tertiary alicyclic amines) is 1. The number of carbonyl (C=O) groups is 2. The first kappa shape index (κ1) is 14.3. The number of ether oxygens (including phenoxy) is 1. The van der Waals surface area contributed by atoms with Gasteiger partial charge in [-0.05, 0) is 32.7 Å². The molecule has 2 bridgehead atoms. The van der Waals surface area contributed by atoms with E-state index in [1.165, 1.54) is 0 Å². The lowest BCUT2D eigenvalue weighted by molar-refractivity contribution is -0.165. The van der Waals surface area contributed by atoms with Crippen LogP contribution < -0.4 is 0 Å². The van der Waals surface area contributed by atoms with Crippen molar-refractivity contribution in [2.24, 2.45) is 10.8 Å². The first-order chi connectivity index (χ1) is 9.04. The molecule has 0 radical (unpaired) electrons. The molecule has 0 aromatic heterocycles. The average Bonchev–Trinajstić information content (AvgIpc) is 2.58. The summed E-state index contributed by atoms with van der Waals surface area (Å²) in [5, 5.41) is 0. The van der Waals surface area contributed by atoms with Crippen LogP contribution in [0.15, 0.2) is 12.7 Å². The molecule has 2 rings (SSSR count). The number of hydrogen-bond acceptors (Lipinski definition) is 4. The van der Waals surface area contributed by atoms with E-state index in [-0.39, 0.29) is 11.8 Å². The number of fused-ring (bicyclic) bond motifs is 2. The van der Waals surface area contributed by atoms with Gasteiger partial charge in [0.15, 0.2) is 5.78 Å². The Morgan fingerprint density at radius 3 is 2.74 bits per heavy atom. The number of nitrogens with zero attached hydrogens (tertiary/aromatic N) is 1. The molecular weight excluding hydrogens is 242 g/mol. The minimum absolute atomic E-state index is 0.0862. The van der Waals surface area contributed by atoms with E-state index in [1.807, 2.05) is 0 Å². The molecule has 1 saturated heterocycles. The third-order valence-electron chi connectivity index (χ3n) is 4.61. The molecule has 0 amide bonds. The third-order valence-corrected chi connectivity index (χ3v) is 4.61. The van der Waals surface area contributed by atoms with Gasteiger partial charge in [0.05, 0.1) is 6.61 Å². The molecule has 1 aliphatic carbocycles. The van der Waals surface area contributed by atoms with Crippen molar-refractivity contribution in [1.29, 1.82) is 0 Å². The summed E-state index contributed by atoms with van der Waals surface area (Å²) in [7, 11) is 0. The van der Waals surface area contributed by atoms with Crippen LogP contribution in [0, 0.1) is 10.8 Å². The minimum Gasteiger partial charge on any atom is -0.465 e. The van der Waals surface area contributed by atoms with Crippen molar-refractivity contribution in [3.63, 3.8) is 0 Å². The Hall–Kier alpha value is -1.16. The van der Waals surface area contributed by atoms with E-state index in [0.29, 0.717) is 26.0 Å². The second-order valence-electron chi connectivity index (χ2n) is 5.71. The van der Waals surface area contributed by atoms with Crippen LogP contribution in [0.5, 0.6) is 0 Å². The Balaban J connectivity index is 2.36. The summed E-state index contributed by atoms with van der Waals surface area (Å²) in [6.07, 6.45) is 3.85. The molecule has 0 aromatic carbocycles. The smallest absolute Gasteiger partial charge is 0.320 e. The van der Waals surface area contributed by atoms with Gasteiger partial charge in [-0.2, -0.15) is 0 Å². The number of piperidine rings is 1. The quantitative estimate of drug-likeness (QED) is 0.432. The molecule has 2 fully saturated rings. The zero-order chi connectivity index (χ0) is 14.1. The lowest BCUT2D eigenvalue weighted by Crippen LogP contribution is -2.57. The van der Waals surface area contributed by atoms with Crippen LogP contribution >= 0.6 is 0 Å². The summed E-state index contributed by atoms with van der Waals surface area (Å²) in [6.45, 7) is 10.1. The summed E-state index contributed by atoms with van der Waals surface area (Å²) in [5.41, 5.74) is -1.34. The Morgan fingerprint density at radius 1 is 1.42 bits per heavy atom. The topological polar surface area (TPSA) is 46.6 Å². The summed E-state index contributed by atoms with van der Waals surface area (Å²) >= 11 is 0. The largest absolute Gasteiger partial charge is 0.465 e. The van der Waals surface area contributed by atoms with Crippen molar-refractivity contribution < 1.29 is 14.3 Å². The molecule has 0 spiro atoms. The van der Waals surface area contributed by atoms with E-state index in [1.54, 1.807) is 13.0 Å². The summed E-state index contributed by atoms with van der Waals surface area (Å²) < 4.78 is 5.18. The molecule has 1 saturated carbocycles. The number of esters is 1. The summed E-state index contributed by atoms with van der Waals surface area (Å²) in [5.74, 6) is -0.243. The van der Waals surface area contributed by atoms with Gasteiger partial charge in [-0.15, -0.1) is 6.58 Å². The van der Waals surface area contributed by atoms with Crippen LogP contribution in [-0.2, 0) is 14.3 Å². The third kappa shape index (κ3) is 2.02. The molecule has 2 unspecified atom stereocenters. The van der Waals surface area contributed by atoms with Gasteiger partial charge in [-0.25, -0.2) is 0 Å². The summed E-state index contributed by atoms with van der Waals surface area (Å²) in [6, 6.07) is 0. The van der Waals surface area contributed by atoms with Gasteiger partial charge in [0.2, 0.25) is 0 Å². The van der Waals surface area contributed by atoms with Gasteiger partial charge in [-0.1, -0.05) is 13.0 Å². The normalized spacial score (nSPS) is 34.3.